The van der Waals surface area contributed by atoms with E-state index in [9.17, 15) is 9.59 Å². The van der Waals surface area contributed by atoms with Gasteiger partial charge in [-0.05, 0) is 44.2 Å². The summed E-state index contributed by atoms with van der Waals surface area (Å²) >= 11 is 0. The lowest BCUT2D eigenvalue weighted by Gasteiger charge is -2.35. The van der Waals surface area contributed by atoms with Crippen LogP contribution in [0.2, 0.25) is 0 Å². The molecule has 1 amide bonds. The van der Waals surface area contributed by atoms with Crippen molar-refractivity contribution in [1.82, 2.24) is 24.2 Å². The molecule has 5 rings (SSSR count). The molecule has 1 fully saturated rings. The molecule has 0 radical (unpaired) electrons. The van der Waals surface area contributed by atoms with Crippen LogP contribution in [0.3, 0.4) is 0 Å². The van der Waals surface area contributed by atoms with Crippen LogP contribution in [0.1, 0.15) is 11.3 Å². The van der Waals surface area contributed by atoms with Crippen molar-refractivity contribution in [3.63, 3.8) is 0 Å². The van der Waals surface area contributed by atoms with Gasteiger partial charge in [0.1, 0.15) is 12.4 Å². The minimum Gasteiger partial charge on any atom is -0.353 e. The van der Waals surface area contributed by atoms with E-state index in [1.807, 2.05) is 67.3 Å². The maximum atomic E-state index is 13.2. The molecule has 0 atom stereocenters. The number of fused-ring (bicyclic) bond motifs is 1. The number of hydrogen-bond donors (Lipinski definition) is 0. The fraction of sp³-hybridized carbons (Fsp3) is 0.280. The Morgan fingerprint density at radius 2 is 1.73 bits per heavy atom. The molecule has 1 saturated heterocycles. The second-order valence-electron chi connectivity index (χ2n) is 8.40. The Hall–Kier alpha value is -3.94. The highest BCUT2D eigenvalue weighted by Gasteiger charge is 2.23. The van der Waals surface area contributed by atoms with Crippen LogP contribution in [0, 0.1) is 13.8 Å². The zero-order valence-electron chi connectivity index (χ0n) is 18.8. The lowest BCUT2D eigenvalue weighted by molar-refractivity contribution is -0.132. The average molecular weight is 443 g/mol. The predicted molar refractivity (Wildman–Crippen MR) is 128 cm³/mol. The van der Waals surface area contributed by atoms with Gasteiger partial charge in [-0.3, -0.25) is 9.59 Å². The van der Waals surface area contributed by atoms with Gasteiger partial charge in [0.05, 0.1) is 22.3 Å². The monoisotopic (exact) mass is 442 g/mol. The highest BCUT2D eigenvalue weighted by Crippen LogP contribution is 2.19. The lowest BCUT2D eigenvalue weighted by Crippen LogP contribution is -2.50. The highest BCUT2D eigenvalue weighted by atomic mass is 16.2. The Morgan fingerprint density at radius 3 is 2.42 bits per heavy atom. The second-order valence-corrected chi connectivity index (χ2v) is 8.40. The molecule has 4 aromatic rings. The van der Waals surface area contributed by atoms with Crippen LogP contribution in [-0.2, 0) is 11.3 Å². The number of anilines is 1. The topological polar surface area (TPSA) is 76.3 Å². The third kappa shape index (κ3) is 4.00. The minimum atomic E-state index is -0.191. The number of aromatic nitrogens is 4. The summed E-state index contributed by atoms with van der Waals surface area (Å²) in [4.78, 5) is 34.6. The van der Waals surface area contributed by atoms with Gasteiger partial charge in [-0.25, -0.2) is 9.67 Å². The Morgan fingerprint density at radius 1 is 0.970 bits per heavy atom. The summed E-state index contributed by atoms with van der Waals surface area (Å²) in [5.41, 5.74) is 3.27. The Balaban J connectivity index is 1.34. The minimum absolute atomic E-state index is 0.0213. The number of amides is 1. The quantitative estimate of drug-likeness (QED) is 0.486. The number of carbonyl (C=O) groups is 1. The van der Waals surface area contributed by atoms with Crippen molar-refractivity contribution >= 4 is 22.6 Å². The fourth-order valence-electron chi connectivity index (χ4n) is 4.31. The van der Waals surface area contributed by atoms with Crippen LogP contribution in [-0.4, -0.2) is 56.3 Å². The first-order valence-corrected chi connectivity index (χ1v) is 11.1. The summed E-state index contributed by atoms with van der Waals surface area (Å²) in [6.07, 6.45) is 3.47. The number of aryl methyl sites for hydroxylation is 2. The van der Waals surface area contributed by atoms with Crippen LogP contribution < -0.4 is 10.5 Å². The molecule has 3 aromatic heterocycles. The number of pyridine rings is 2. The maximum Gasteiger partial charge on any atom is 0.262 e. The molecular weight excluding hydrogens is 416 g/mol. The summed E-state index contributed by atoms with van der Waals surface area (Å²) in [5.74, 6) is 0.869. The SMILES string of the molecule is Cc1ccc(-n2nc(C)c3c(=O)n(CC(=O)N4CCN(c5ccccn5)CC4)ccc32)cc1. The molecule has 1 aliphatic heterocycles. The highest BCUT2D eigenvalue weighted by molar-refractivity contribution is 5.83. The number of piperazine rings is 1. The van der Waals surface area contributed by atoms with Crippen molar-refractivity contribution in [2.75, 3.05) is 31.1 Å². The molecule has 0 saturated carbocycles. The third-order valence-corrected chi connectivity index (χ3v) is 6.17. The molecule has 168 valence electrons. The molecule has 0 bridgehead atoms. The molecule has 0 aliphatic carbocycles. The molecule has 4 heterocycles. The maximum absolute atomic E-state index is 13.2. The first-order valence-electron chi connectivity index (χ1n) is 11.1. The van der Waals surface area contributed by atoms with E-state index < -0.39 is 0 Å². The molecule has 1 aromatic carbocycles. The normalized spacial score (nSPS) is 14.1. The number of benzene rings is 1. The number of nitrogens with zero attached hydrogens (tertiary/aromatic N) is 6. The Bertz CT molecular complexity index is 1350. The predicted octanol–water partition coefficient (Wildman–Crippen LogP) is 2.55. The van der Waals surface area contributed by atoms with Crippen LogP contribution in [0.15, 0.2) is 65.7 Å². The molecule has 0 spiro atoms. The van der Waals surface area contributed by atoms with Gasteiger partial charge >= 0.3 is 0 Å². The van der Waals surface area contributed by atoms with Crippen molar-refractivity contribution < 1.29 is 4.79 Å². The largest absolute Gasteiger partial charge is 0.353 e. The van der Waals surface area contributed by atoms with E-state index in [1.54, 1.807) is 17.1 Å². The summed E-state index contributed by atoms with van der Waals surface area (Å²) in [6, 6.07) is 15.7. The zero-order chi connectivity index (χ0) is 22.9. The van der Waals surface area contributed by atoms with Gasteiger partial charge in [-0.1, -0.05) is 23.8 Å². The number of carbonyl (C=O) groups excluding carboxylic acids is 1. The Kier molecular flexibility index (Phi) is 5.42. The molecule has 0 unspecified atom stereocenters. The molecule has 33 heavy (non-hydrogen) atoms. The van der Waals surface area contributed by atoms with E-state index in [0.29, 0.717) is 24.2 Å². The van der Waals surface area contributed by atoms with Crippen LogP contribution in [0.5, 0.6) is 0 Å². The second kappa shape index (κ2) is 8.54. The number of hydrogen-bond acceptors (Lipinski definition) is 5. The first kappa shape index (κ1) is 20.9. The standard InChI is InChI=1S/C25H26N6O2/c1-18-6-8-20(9-7-18)31-21-10-12-30(25(33)24(21)19(2)27-31)17-23(32)29-15-13-28(14-16-29)22-5-3-4-11-26-22/h3-12H,13-17H2,1-2H3. The van der Waals surface area contributed by atoms with Gasteiger partial charge in [0, 0.05) is 38.6 Å². The average Bonchev–Trinajstić information content (AvgIpc) is 3.19. The van der Waals surface area contributed by atoms with E-state index in [2.05, 4.69) is 15.0 Å². The van der Waals surface area contributed by atoms with Crippen molar-refractivity contribution in [2.24, 2.45) is 0 Å². The van der Waals surface area contributed by atoms with E-state index in [0.717, 1.165) is 35.7 Å². The summed E-state index contributed by atoms with van der Waals surface area (Å²) in [7, 11) is 0. The van der Waals surface area contributed by atoms with Crippen LogP contribution >= 0.6 is 0 Å². The van der Waals surface area contributed by atoms with Gasteiger partial charge in [0.25, 0.3) is 5.56 Å². The molecule has 1 aliphatic rings. The summed E-state index contributed by atoms with van der Waals surface area (Å²) in [6.45, 7) is 6.54. The number of rotatable bonds is 4. The van der Waals surface area contributed by atoms with Crippen LogP contribution in [0.4, 0.5) is 5.82 Å². The summed E-state index contributed by atoms with van der Waals surface area (Å²) < 4.78 is 3.28. The van der Waals surface area contributed by atoms with Gasteiger partial charge in [0.2, 0.25) is 5.91 Å². The zero-order valence-corrected chi connectivity index (χ0v) is 18.8. The van der Waals surface area contributed by atoms with E-state index >= 15 is 0 Å². The lowest BCUT2D eigenvalue weighted by atomic mass is 10.2. The fourth-order valence-corrected chi connectivity index (χ4v) is 4.31. The van der Waals surface area contributed by atoms with Gasteiger partial charge in [-0.2, -0.15) is 5.10 Å². The van der Waals surface area contributed by atoms with Gasteiger partial charge in [-0.15, -0.1) is 0 Å². The molecule has 8 nitrogen and oxygen atoms in total. The van der Waals surface area contributed by atoms with E-state index in [-0.39, 0.29) is 18.0 Å². The van der Waals surface area contributed by atoms with Crippen molar-refractivity contribution in [3.05, 3.63) is 82.5 Å². The van der Waals surface area contributed by atoms with Crippen LogP contribution in [0.25, 0.3) is 16.6 Å². The van der Waals surface area contributed by atoms with E-state index in [4.69, 9.17) is 0 Å². The third-order valence-electron chi connectivity index (χ3n) is 6.17. The molecular formula is C25H26N6O2. The van der Waals surface area contributed by atoms with E-state index in [1.165, 1.54) is 4.57 Å². The smallest absolute Gasteiger partial charge is 0.262 e. The van der Waals surface area contributed by atoms with Gasteiger partial charge in [0.15, 0.2) is 0 Å². The Labute approximate surface area is 191 Å². The molecule has 0 N–H and O–H groups in total. The molecule has 8 heteroatoms. The summed E-state index contributed by atoms with van der Waals surface area (Å²) in [5, 5.41) is 5.14. The van der Waals surface area contributed by atoms with Crippen molar-refractivity contribution in [3.8, 4) is 5.69 Å². The van der Waals surface area contributed by atoms with Crippen molar-refractivity contribution in [2.45, 2.75) is 20.4 Å². The first-order chi connectivity index (χ1) is 16.0. The van der Waals surface area contributed by atoms with Crippen molar-refractivity contribution in [1.29, 1.82) is 0 Å². The van der Waals surface area contributed by atoms with Gasteiger partial charge < -0.3 is 14.4 Å².